The number of piperazine rings is 1. The Hall–Kier alpha value is -2.09. The van der Waals surface area contributed by atoms with Crippen molar-refractivity contribution in [3.63, 3.8) is 0 Å². The topological polar surface area (TPSA) is 66.6 Å². The Morgan fingerprint density at radius 1 is 0.963 bits per heavy atom. The van der Waals surface area contributed by atoms with Crippen LogP contribution in [0.15, 0.2) is 24.3 Å². The van der Waals surface area contributed by atoms with Crippen molar-refractivity contribution in [1.29, 1.82) is 0 Å². The molecular formula is C19H26F3N3O2. The molecule has 1 saturated heterocycles. The molecule has 27 heavy (non-hydrogen) atoms. The first kappa shape index (κ1) is 21.2. The summed E-state index contributed by atoms with van der Waals surface area (Å²) in [6.45, 7) is 5.65. The van der Waals surface area contributed by atoms with Crippen LogP contribution in [0.25, 0.3) is 0 Å². The van der Waals surface area contributed by atoms with Crippen LogP contribution >= 0.6 is 0 Å². The zero-order valence-electron chi connectivity index (χ0n) is 15.7. The lowest BCUT2D eigenvalue weighted by molar-refractivity contribution is -0.143. The maximum atomic E-state index is 12.8. The number of nitrogens with zero attached hydrogens (tertiary/aromatic N) is 2. The number of hydrogen-bond acceptors (Lipinski definition) is 3. The maximum Gasteiger partial charge on any atom is 0.416 e. The number of halogens is 3. The van der Waals surface area contributed by atoms with E-state index in [0.717, 1.165) is 12.1 Å². The number of benzene rings is 1. The third-order valence-corrected chi connectivity index (χ3v) is 5.51. The molecule has 0 aromatic heterocycles. The van der Waals surface area contributed by atoms with Gasteiger partial charge in [0.15, 0.2) is 0 Å². The fraction of sp³-hybridized carbons (Fsp3) is 0.579. The molecule has 8 heteroatoms. The van der Waals surface area contributed by atoms with Crippen LogP contribution < -0.4 is 5.73 Å². The third-order valence-electron chi connectivity index (χ3n) is 5.51. The van der Waals surface area contributed by atoms with Gasteiger partial charge in [0.25, 0.3) is 5.91 Å². The molecule has 0 radical (unpaired) electrons. The molecule has 0 atom stereocenters. The van der Waals surface area contributed by atoms with Gasteiger partial charge in [0.2, 0.25) is 5.91 Å². The average molecular weight is 385 g/mol. The van der Waals surface area contributed by atoms with Gasteiger partial charge < -0.3 is 15.5 Å². The molecule has 1 aliphatic heterocycles. The first-order chi connectivity index (χ1) is 12.7. The van der Waals surface area contributed by atoms with E-state index >= 15 is 0 Å². The minimum absolute atomic E-state index is 0.0108. The smallest absolute Gasteiger partial charge is 0.339 e. The van der Waals surface area contributed by atoms with Gasteiger partial charge in [0.05, 0.1) is 11.0 Å². The van der Waals surface area contributed by atoms with E-state index in [4.69, 9.17) is 5.73 Å². The Bertz CT molecular complexity index is 654. The SMILES string of the molecule is CCC(CC)(CN)C(=O)N1CCN(C(=O)c2ccc(C(F)(F)F)cc2)CC1. The summed E-state index contributed by atoms with van der Waals surface area (Å²) in [7, 11) is 0. The van der Waals surface area contributed by atoms with Crippen molar-refractivity contribution < 1.29 is 22.8 Å². The first-order valence-corrected chi connectivity index (χ1v) is 9.14. The summed E-state index contributed by atoms with van der Waals surface area (Å²) < 4.78 is 37.9. The highest BCUT2D eigenvalue weighted by molar-refractivity contribution is 5.94. The van der Waals surface area contributed by atoms with Crippen molar-refractivity contribution >= 4 is 11.8 Å². The lowest BCUT2D eigenvalue weighted by Gasteiger charge is -2.40. The second kappa shape index (κ2) is 8.29. The van der Waals surface area contributed by atoms with E-state index in [0.29, 0.717) is 39.0 Å². The zero-order valence-corrected chi connectivity index (χ0v) is 15.7. The molecule has 2 rings (SSSR count). The standard InChI is InChI=1S/C19H26F3N3O2/c1-3-18(4-2,13-23)17(27)25-11-9-24(10-12-25)16(26)14-5-7-15(8-6-14)19(20,21)22/h5-8H,3-4,9-13,23H2,1-2H3. The van der Waals surface area contributed by atoms with E-state index in [1.165, 1.54) is 12.1 Å². The molecule has 0 bridgehead atoms. The van der Waals surface area contributed by atoms with Crippen molar-refractivity contribution in [1.82, 2.24) is 9.80 Å². The Labute approximate surface area is 157 Å². The predicted octanol–water partition coefficient (Wildman–Crippen LogP) is 2.75. The number of hydrogen-bond donors (Lipinski definition) is 1. The summed E-state index contributed by atoms with van der Waals surface area (Å²) in [6, 6.07) is 4.20. The van der Waals surface area contributed by atoms with Crippen molar-refractivity contribution in [2.45, 2.75) is 32.9 Å². The van der Waals surface area contributed by atoms with E-state index < -0.39 is 17.2 Å². The van der Waals surface area contributed by atoms with Gasteiger partial charge in [-0.3, -0.25) is 9.59 Å². The molecular weight excluding hydrogens is 359 g/mol. The number of alkyl halides is 3. The predicted molar refractivity (Wildman–Crippen MR) is 96.0 cm³/mol. The molecule has 1 aromatic carbocycles. The molecule has 150 valence electrons. The van der Waals surface area contributed by atoms with Gasteiger partial charge in [-0.05, 0) is 37.1 Å². The van der Waals surface area contributed by atoms with E-state index in [-0.39, 0.29) is 23.9 Å². The molecule has 1 aliphatic rings. The van der Waals surface area contributed by atoms with Gasteiger partial charge in [-0.15, -0.1) is 0 Å². The summed E-state index contributed by atoms with van der Waals surface area (Å²) in [6.07, 6.45) is -3.12. The zero-order chi connectivity index (χ0) is 20.2. The highest BCUT2D eigenvalue weighted by Gasteiger charge is 2.38. The van der Waals surface area contributed by atoms with Crippen LogP contribution in [0.1, 0.15) is 42.6 Å². The van der Waals surface area contributed by atoms with Crippen LogP contribution in [0.4, 0.5) is 13.2 Å². The van der Waals surface area contributed by atoms with E-state index in [9.17, 15) is 22.8 Å². The summed E-state index contributed by atoms with van der Waals surface area (Å²) in [5, 5.41) is 0. The number of nitrogens with two attached hydrogens (primary N) is 1. The van der Waals surface area contributed by atoms with Gasteiger partial charge >= 0.3 is 6.18 Å². The molecule has 2 N–H and O–H groups in total. The maximum absolute atomic E-state index is 12.8. The molecule has 0 spiro atoms. The van der Waals surface area contributed by atoms with Crippen molar-refractivity contribution in [2.75, 3.05) is 32.7 Å². The fourth-order valence-electron chi connectivity index (χ4n) is 3.36. The van der Waals surface area contributed by atoms with E-state index in [2.05, 4.69) is 0 Å². The molecule has 0 aliphatic carbocycles. The van der Waals surface area contributed by atoms with Crippen LogP contribution in [0.3, 0.4) is 0 Å². The van der Waals surface area contributed by atoms with E-state index in [1.807, 2.05) is 13.8 Å². The molecule has 5 nitrogen and oxygen atoms in total. The number of carbonyl (C=O) groups excluding carboxylic acids is 2. The van der Waals surface area contributed by atoms with Gasteiger partial charge in [-0.2, -0.15) is 13.2 Å². The Balaban J connectivity index is 2.01. The third kappa shape index (κ3) is 4.43. The second-order valence-corrected chi connectivity index (χ2v) is 6.85. The monoisotopic (exact) mass is 385 g/mol. The lowest BCUT2D eigenvalue weighted by atomic mass is 9.81. The number of amides is 2. The molecule has 0 unspecified atom stereocenters. The number of carbonyl (C=O) groups is 2. The second-order valence-electron chi connectivity index (χ2n) is 6.85. The van der Waals surface area contributed by atoms with Crippen LogP contribution in [-0.2, 0) is 11.0 Å². The summed E-state index contributed by atoms with van der Waals surface area (Å²) in [4.78, 5) is 28.6. The van der Waals surface area contributed by atoms with Gasteiger partial charge in [-0.1, -0.05) is 13.8 Å². The Kier molecular flexibility index (Phi) is 6.51. The van der Waals surface area contributed by atoms with Gasteiger partial charge in [0, 0.05) is 38.3 Å². The number of rotatable bonds is 5. The molecule has 1 fully saturated rings. The highest BCUT2D eigenvalue weighted by Crippen LogP contribution is 2.30. The fourth-order valence-corrected chi connectivity index (χ4v) is 3.36. The minimum Gasteiger partial charge on any atom is -0.339 e. The largest absolute Gasteiger partial charge is 0.416 e. The van der Waals surface area contributed by atoms with Crippen molar-refractivity contribution in [2.24, 2.45) is 11.1 Å². The Morgan fingerprint density at radius 2 is 1.44 bits per heavy atom. The van der Waals surface area contributed by atoms with Crippen LogP contribution in [0.5, 0.6) is 0 Å². The lowest BCUT2D eigenvalue weighted by Crippen LogP contribution is -2.55. The van der Waals surface area contributed by atoms with E-state index in [1.54, 1.807) is 9.80 Å². The summed E-state index contributed by atoms with van der Waals surface area (Å²) in [5.74, 6) is -0.316. The van der Waals surface area contributed by atoms with Crippen LogP contribution in [0, 0.1) is 5.41 Å². The molecule has 1 heterocycles. The minimum atomic E-state index is -4.43. The van der Waals surface area contributed by atoms with Gasteiger partial charge in [0.1, 0.15) is 0 Å². The van der Waals surface area contributed by atoms with Crippen LogP contribution in [0.2, 0.25) is 0 Å². The summed E-state index contributed by atoms with van der Waals surface area (Å²) in [5.41, 5.74) is 4.69. The molecule has 1 aromatic rings. The average Bonchev–Trinajstić information content (AvgIpc) is 2.68. The highest BCUT2D eigenvalue weighted by atomic mass is 19.4. The van der Waals surface area contributed by atoms with Crippen molar-refractivity contribution in [3.05, 3.63) is 35.4 Å². The van der Waals surface area contributed by atoms with Crippen LogP contribution in [-0.4, -0.2) is 54.3 Å². The van der Waals surface area contributed by atoms with Crippen molar-refractivity contribution in [3.8, 4) is 0 Å². The quantitative estimate of drug-likeness (QED) is 0.848. The summed E-state index contributed by atoms with van der Waals surface area (Å²) >= 11 is 0. The normalized spacial score (nSPS) is 15.8. The molecule has 0 saturated carbocycles. The molecule has 2 amide bonds. The Morgan fingerprint density at radius 3 is 1.85 bits per heavy atom. The van der Waals surface area contributed by atoms with Gasteiger partial charge in [-0.25, -0.2) is 0 Å². The first-order valence-electron chi connectivity index (χ1n) is 9.14.